The van der Waals surface area contributed by atoms with Crippen molar-refractivity contribution in [3.05, 3.63) is 42.9 Å². The second-order valence-electron chi connectivity index (χ2n) is 8.24. The van der Waals surface area contributed by atoms with E-state index in [2.05, 4.69) is 57.0 Å². The maximum absolute atomic E-state index is 12.6. The summed E-state index contributed by atoms with van der Waals surface area (Å²) in [6.45, 7) is 6.59. The highest BCUT2D eigenvalue weighted by molar-refractivity contribution is 7.99. The molecule has 1 saturated heterocycles. The molecule has 2 unspecified atom stereocenters. The fraction of sp³-hybridized carbons (Fsp3) is 0.364. The number of fused-ring (bicyclic) bond motifs is 2. The highest BCUT2D eigenvalue weighted by atomic mass is 32.2. The molecule has 166 valence electrons. The van der Waals surface area contributed by atoms with Crippen LogP contribution in [0.5, 0.6) is 0 Å². The molecule has 1 aliphatic rings. The lowest BCUT2D eigenvalue weighted by Crippen LogP contribution is -2.56. The number of carbonyl (C=O) groups excluding carboxylic acids is 1. The quantitative estimate of drug-likeness (QED) is 0.482. The number of likely N-dealkylation sites (N-methyl/N-ethyl adjacent to an activating group) is 1. The molecule has 0 spiro atoms. The highest BCUT2D eigenvalue weighted by Crippen LogP contribution is 2.33. The van der Waals surface area contributed by atoms with E-state index in [0.29, 0.717) is 29.5 Å². The average Bonchev–Trinajstić information content (AvgIpc) is 3.35. The lowest BCUT2D eigenvalue weighted by atomic mass is 10.1. The fourth-order valence-corrected chi connectivity index (χ4v) is 5.93. The fourth-order valence-electron chi connectivity index (χ4n) is 4.03. The Hall–Kier alpha value is -2.53. The number of thiazole rings is 1. The summed E-state index contributed by atoms with van der Waals surface area (Å²) in [5.74, 6) is 0.670. The Morgan fingerprint density at radius 3 is 2.88 bits per heavy atom. The molecule has 0 bridgehead atoms. The Labute approximate surface area is 194 Å². The number of imidazole rings is 1. The molecule has 1 amide bonds. The first kappa shape index (κ1) is 21.3. The van der Waals surface area contributed by atoms with E-state index in [4.69, 9.17) is 0 Å². The van der Waals surface area contributed by atoms with E-state index >= 15 is 0 Å². The summed E-state index contributed by atoms with van der Waals surface area (Å²) in [5, 5.41) is 4.63. The lowest BCUT2D eigenvalue weighted by molar-refractivity contribution is -0.118. The van der Waals surface area contributed by atoms with Crippen molar-refractivity contribution in [2.45, 2.75) is 35.9 Å². The van der Waals surface area contributed by atoms with E-state index in [-0.39, 0.29) is 5.91 Å². The molecule has 0 radical (unpaired) electrons. The van der Waals surface area contributed by atoms with Crippen LogP contribution in [0.25, 0.3) is 16.0 Å². The van der Waals surface area contributed by atoms with Crippen molar-refractivity contribution in [2.24, 2.45) is 0 Å². The number of piperazine rings is 1. The predicted molar refractivity (Wildman–Crippen MR) is 128 cm³/mol. The first-order valence-electron chi connectivity index (χ1n) is 10.6. The maximum atomic E-state index is 12.6. The van der Waals surface area contributed by atoms with Crippen molar-refractivity contribution >= 4 is 50.1 Å². The van der Waals surface area contributed by atoms with Gasteiger partial charge in [0, 0.05) is 42.5 Å². The van der Waals surface area contributed by atoms with Crippen LogP contribution in [0.15, 0.2) is 52.8 Å². The zero-order chi connectivity index (χ0) is 22.2. The number of carbonyl (C=O) groups is 1. The number of rotatable bonds is 5. The molecule has 1 N–H and O–H groups in total. The van der Waals surface area contributed by atoms with Gasteiger partial charge in [0.2, 0.25) is 11.7 Å². The van der Waals surface area contributed by atoms with Gasteiger partial charge in [-0.25, -0.2) is 15.0 Å². The van der Waals surface area contributed by atoms with Crippen molar-refractivity contribution in [3.8, 4) is 0 Å². The van der Waals surface area contributed by atoms with E-state index in [1.807, 2.05) is 35.0 Å². The number of hydrogen-bond donors (Lipinski definition) is 1. The molecule has 5 rings (SSSR count). The molecule has 4 aromatic rings. The van der Waals surface area contributed by atoms with Gasteiger partial charge in [0.1, 0.15) is 5.03 Å². The number of aromatic nitrogens is 4. The number of nitrogens with one attached hydrogen (secondary N) is 1. The summed E-state index contributed by atoms with van der Waals surface area (Å²) in [6.07, 6.45) is 5.52. The smallest absolute Gasteiger partial charge is 0.240 e. The minimum Gasteiger partial charge on any atom is -0.301 e. The zero-order valence-corrected chi connectivity index (χ0v) is 19.9. The molecular formula is C22H25N7OS2. The van der Waals surface area contributed by atoms with Gasteiger partial charge in [0.05, 0.1) is 23.0 Å². The maximum Gasteiger partial charge on any atom is 0.240 e. The third-order valence-electron chi connectivity index (χ3n) is 5.89. The van der Waals surface area contributed by atoms with Crippen molar-refractivity contribution in [2.75, 3.05) is 32.0 Å². The van der Waals surface area contributed by atoms with Crippen LogP contribution in [0.2, 0.25) is 0 Å². The Bertz CT molecular complexity index is 1260. The molecule has 4 heterocycles. The van der Waals surface area contributed by atoms with Gasteiger partial charge in [-0.3, -0.25) is 19.0 Å². The van der Waals surface area contributed by atoms with Gasteiger partial charge in [-0.15, -0.1) is 0 Å². The second-order valence-corrected chi connectivity index (χ2v) is 10.4. The highest BCUT2D eigenvalue weighted by Gasteiger charge is 2.27. The van der Waals surface area contributed by atoms with Gasteiger partial charge < -0.3 is 5.32 Å². The van der Waals surface area contributed by atoms with Gasteiger partial charge in [0.25, 0.3) is 0 Å². The summed E-state index contributed by atoms with van der Waals surface area (Å²) in [5.41, 5.74) is 0.885. The van der Waals surface area contributed by atoms with Crippen LogP contribution in [-0.2, 0) is 4.79 Å². The van der Waals surface area contributed by atoms with E-state index in [0.717, 1.165) is 33.2 Å². The van der Waals surface area contributed by atoms with Crippen molar-refractivity contribution < 1.29 is 4.79 Å². The van der Waals surface area contributed by atoms with Crippen LogP contribution < -0.4 is 5.32 Å². The third-order valence-corrected chi connectivity index (χ3v) is 7.82. The molecule has 0 saturated carbocycles. The lowest BCUT2D eigenvalue weighted by Gasteiger charge is -2.42. The zero-order valence-electron chi connectivity index (χ0n) is 18.2. The molecule has 10 heteroatoms. The van der Waals surface area contributed by atoms with E-state index < -0.39 is 0 Å². The van der Waals surface area contributed by atoms with Crippen molar-refractivity contribution in [1.29, 1.82) is 0 Å². The molecule has 2 atom stereocenters. The van der Waals surface area contributed by atoms with Gasteiger partial charge in [-0.1, -0.05) is 23.1 Å². The van der Waals surface area contributed by atoms with Gasteiger partial charge in [-0.2, -0.15) is 0 Å². The number of benzene rings is 1. The Balaban J connectivity index is 1.26. The predicted octanol–water partition coefficient (Wildman–Crippen LogP) is 3.45. The van der Waals surface area contributed by atoms with Crippen LogP contribution in [-0.4, -0.2) is 73.8 Å². The number of hydrogen-bond acceptors (Lipinski definition) is 8. The molecule has 1 fully saturated rings. The number of anilines is 1. The first-order valence-corrected chi connectivity index (χ1v) is 12.2. The molecule has 1 aliphatic heterocycles. The number of amides is 1. The van der Waals surface area contributed by atoms with E-state index in [1.54, 1.807) is 18.0 Å². The van der Waals surface area contributed by atoms with Crippen LogP contribution >= 0.6 is 23.1 Å². The summed E-state index contributed by atoms with van der Waals surface area (Å²) in [6, 6.07) is 8.91. The van der Waals surface area contributed by atoms with E-state index in [1.165, 1.54) is 11.3 Å². The molecular weight excluding hydrogens is 442 g/mol. The number of nitrogens with zero attached hydrogens (tertiary/aromatic N) is 6. The SMILES string of the molecule is CC1CN(CC(=O)Nc2nc3ccc(Sc4cnc5ncccn45)cc3s2)CC(C)N1C. The summed E-state index contributed by atoms with van der Waals surface area (Å²) in [7, 11) is 2.15. The van der Waals surface area contributed by atoms with Gasteiger partial charge in [0.15, 0.2) is 5.13 Å². The Morgan fingerprint density at radius 1 is 1.25 bits per heavy atom. The summed E-state index contributed by atoms with van der Waals surface area (Å²) < 4.78 is 3.01. The third kappa shape index (κ3) is 4.36. The molecule has 1 aromatic carbocycles. The second kappa shape index (κ2) is 8.78. The molecule has 0 aliphatic carbocycles. The molecule has 3 aromatic heterocycles. The first-order chi connectivity index (χ1) is 15.5. The Kier molecular flexibility index (Phi) is 5.85. The van der Waals surface area contributed by atoms with Gasteiger partial charge >= 0.3 is 0 Å². The molecule has 8 nitrogen and oxygen atoms in total. The minimum absolute atomic E-state index is 0.0131. The van der Waals surface area contributed by atoms with Crippen LogP contribution in [0.3, 0.4) is 0 Å². The normalized spacial score (nSPS) is 20.2. The van der Waals surface area contributed by atoms with Crippen LogP contribution in [0.1, 0.15) is 13.8 Å². The minimum atomic E-state index is -0.0131. The van der Waals surface area contributed by atoms with E-state index in [9.17, 15) is 4.79 Å². The van der Waals surface area contributed by atoms with Crippen molar-refractivity contribution in [1.82, 2.24) is 29.2 Å². The van der Waals surface area contributed by atoms with Crippen molar-refractivity contribution in [3.63, 3.8) is 0 Å². The van der Waals surface area contributed by atoms with Crippen LogP contribution in [0, 0.1) is 0 Å². The largest absolute Gasteiger partial charge is 0.301 e. The summed E-state index contributed by atoms with van der Waals surface area (Å²) >= 11 is 3.13. The Morgan fingerprint density at radius 2 is 2.06 bits per heavy atom. The molecule has 32 heavy (non-hydrogen) atoms. The topological polar surface area (TPSA) is 78.7 Å². The van der Waals surface area contributed by atoms with Crippen LogP contribution in [0.4, 0.5) is 5.13 Å². The van der Waals surface area contributed by atoms with Gasteiger partial charge in [-0.05, 0) is 45.2 Å². The monoisotopic (exact) mass is 467 g/mol. The summed E-state index contributed by atoms with van der Waals surface area (Å²) in [4.78, 5) is 31.5. The average molecular weight is 468 g/mol. The standard InChI is InChI=1S/C22H25N7OS2/c1-14-11-28(12-15(2)27(14)3)13-19(30)26-22-25-17-6-5-16(9-18(17)32-22)31-20-10-24-21-23-7-4-8-29(20)21/h4-10,14-15H,11-13H2,1-3H3,(H,25,26,30).